The van der Waals surface area contributed by atoms with Gasteiger partial charge in [0, 0.05) is 36.1 Å². The van der Waals surface area contributed by atoms with Crippen LogP contribution >= 0.6 is 0 Å². The fraction of sp³-hybridized carbons (Fsp3) is 0.238. The van der Waals surface area contributed by atoms with Crippen LogP contribution in [-0.4, -0.2) is 33.9 Å². The van der Waals surface area contributed by atoms with E-state index >= 15 is 0 Å². The topological polar surface area (TPSA) is 81.9 Å². The molecule has 0 unspecified atom stereocenters. The summed E-state index contributed by atoms with van der Waals surface area (Å²) in [7, 11) is 0. The van der Waals surface area contributed by atoms with E-state index in [4.69, 9.17) is 5.26 Å². The van der Waals surface area contributed by atoms with E-state index in [0.29, 0.717) is 41.1 Å². The molecule has 1 aromatic carbocycles. The molecule has 2 aromatic heterocycles. The van der Waals surface area contributed by atoms with Crippen molar-refractivity contribution < 1.29 is 9.18 Å². The minimum Gasteiger partial charge on any atom is -0.354 e. The Kier molecular flexibility index (Phi) is 5.50. The number of hydrogen-bond acceptors (Lipinski definition) is 5. The predicted octanol–water partition coefficient (Wildman–Crippen LogP) is 4.17. The number of amides is 1. The Hall–Kier alpha value is -3.53. The second-order valence-electron chi connectivity index (χ2n) is 6.28. The van der Waals surface area contributed by atoms with E-state index in [1.165, 1.54) is 24.4 Å². The number of carbonyl (C=O) groups excluding carboxylic acids is 1. The van der Waals surface area contributed by atoms with Crippen LogP contribution in [0.5, 0.6) is 0 Å². The summed E-state index contributed by atoms with van der Waals surface area (Å²) in [6.07, 6.45) is 1.51. The van der Waals surface area contributed by atoms with Gasteiger partial charge in [-0.25, -0.2) is 14.4 Å². The molecular formula is C21H20FN5O. The van der Waals surface area contributed by atoms with Crippen LogP contribution in [0.3, 0.4) is 0 Å². The van der Waals surface area contributed by atoms with E-state index in [1.54, 1.807) is 4.90 Å². The zero-order valence-electron chi connectivity index (χ0n) is 16.0. The van der Waals surface area contributed by atoms with Crippen molar-refractivity contribution in [3.8, 4) is 6.07 Å². The number of rotatable bonds is 5. The number of nitrogens with one attached hydrogen (secondary N) is 1. The molecule has 6 nitrogen and oxygen atoms in total. The quantitative estimate of drug-likeness (QED) is 0.721. The van der Waals surface area contributed by atoms with Gasteiger partial charge in [-0.15, -0.1) is 0 Å². The van der Waals surface area contributed by atoms with Gasteiger partial charge in [-0.3, -0.25) is 4.79 Å². The Bertz CT molecular complexity index is 1090. The van der Waals surface area contributed by atoms with Crippen molar-refractivity contribution in [2.45, 2.75) is 20.8 Å². The summed E-state index contributed by atoms with van der Waals surface area (Å²) in [5, 5.41) is 12.9. The average molecular weight is 377 g/mol. The Labute approximate surface area is 162 Å². The summed E-state index contributed by atoms with van der Waals surface area (Å²) in [4.78, 5) is 23.5. The third-order valence-electron chi connectivity index (χ3n) is 4.51. The molecule has 3 rings (SSSR count). The number of pyridine rings is 2. The van der Waals surface area contributed by atoms with E-state index < -0.39 is 5.82 Å². The molecular weight excluding hydrogens is 357 g/mol. The summed E-state index contributed by atoms with van der Waals surface area (Å²) in [6, 6.07) is 9.67. The lowest BCUT2D eigenvalue weighted by atomic mass is 10.1. The van der Waals surface area contributed by atoms with Gasteiger partial charge in [0.25, 0.3) is 5.91 Å². The minimum absolute atomic E-state index is 0.0750. The summed E-state index contributed by atoms with van der Waals surface area (Å²) in [5.74, 6) is -0.755. The largest absolute Gasteiger partial charge is 0.354 e. The van der Waals surface area contributed by atoms with Crippen molar-refractivity contribution in [2.75, 3.05) is 18.4 Å². The lowest BCUT2D eigenvalue weighted by Crippen LogP contribution is -2.31. The first-order valence-corrected chi connectivity index (χ1v) is 9.00. The Balaban J connectivity index is 2.18. The normalized spacial score (nSPS) is 10.5. The van der Waals surface area contributed by atoms with E-state index in [0.717, 1.165) is 5.69 Å². The van der Waals surface area contributed by atoms with Crippen molar-refractivity contribution in [3.63, 3.8) is 0 Å². The van der Waals surface area contributed by atoms with Crippen LogP contribution in [0, 0.1) is 24.1 Å². The fourth-order valence-electron chi connectivity index (χ4n) is 2.98. The highest BCUT2D eigenvalue weighted by atomic mass is 19.1. The number of nitriles is 1. The monoisotopic (exact) mass is 377 g/mol. The molecule has 0 bridgehead atoms. The number of nitrogens with zero attached hydrogens (tertiary/aromatic N) is 4. The average Bonchev–Trinajstić information content (AvgIpc) is 2.70. The first-order chi connectivity index (χ1) is 13.5. The number of carbonyl (C=O) groups is 1. The van der Waals surface area contributed by atoms with Crippen molar-refractivity contribution in [3.05, 3.63) is 59.2 Å². The molecule has 0 saturated heterocycles. The molecule has 7 heteroatoms. The summed E-state index contributed by atoms with van der Waals surface area (Å²) >= 11 is 0. The van der Waals surface area contributed by atoms with Crippen molar-refractivity contribution in [1.29, 1.82) is 5.26 Å². The molecule has 0 saturated carbocycles. The van der Waals surface area contributed by atoms with Crippen LogP contribution in [0.25, 0.3) is 11.0 Å². The van der Waals surface area contributed by atoms with Gasteiger partial charge in [-0.2, -0.15) is 5.26 Å². The molecule has 1 amide bonds. The smallest absolute Gasteiger partial charge is 0.257 e. The third-order valence-corrected chi connectivity index (χ3v) is 4.51. The van der Waals surface area contributed by atoms with Gasteiger partial charge >= 0.3 is 0 Å². The van der Waals surface area contributed by atoms with Gasteiger partial charge in [-0.05, 0) is 51.1 Å². The highest BCUT2D eigenvalue weighted by molar-refractivity contribution is 6.07. The van der Waals surface area contributed by atoms with E-state index in [9.17, 15) is 9.18 Å². The molecule has 2 heterocycles. The SMILES string of the molecule is CCN(CC)C(=O)c1cnc2nc(C)ccc2c1Nc1ccc(F)c(C#N)c1. The van der Waals surface area contributed by atoms with E-state index in [-0.39, 0.29) is 11.5 Å². The number of hydrogen-bond donors (Lipinski definition) is 1. The highest BCUT2D eigenvalue weighted by Crippen LogP contribution is 2.30. The van der Waals surface area contributed by atoms with E-state index in [1.807, 2.05) is 39.0 Å². The highest BCUT2D eigenvalue weighted by Gasteiger charge is 2.20. The lowest BCUT2D eigenvalue weighted by Gasteiger charge is -2.21. The molecule has 0 aliphatic heterocycles. The van der Waals surface area contributed by atoms with Crippen LogP contribution in [-0.2, 0) is 0 Å². The zero-order chi connectivity index (χ0) is 20.3. The van der Waals surface area contributed by atoms with Crippen molar-refractivity contribution >= 4 is 28.3 Å². The van der Waals surface area contributed by atoms with Gasteiger partial charge < -0.3 is 10.2 Å². The third kappa shape index (κ3) is 3.62. The van der Waals surface area contributed by atoms with Crippen LogP contribution in [0.15, 0.2) is 36.5 Å². The number of halogens is 1. The second-order valence-corrected chi connectivity index (χ2v) is 6.28. The molecule has 0 fully saturated rings. The van der Waals surface area contributed by atoms with E-state index in [2.05, 4.69) is 15.3 Å². The number of fused-ring (bicyclic) bond motifs is 1. The molecule has 3 aromatic rings. The predicted molar refractivity (Wildman–Crippen MR) is 106 cm³/mol. The van der Waals surface area contributed by atoms with Gasteiger partial charge in [0.2, 0.25) is 0 Å². The molecule has 1 N–H and O–H groups in total. The Morgan fingerprint density at radius 3 is 2.68 bits per heavy atom. The molecule has 0 atom stereocenters. The molecule has 0 spiro atoms. The summed E-state index contributed by atoms with van der Waals surface area (Å²) in [5.41, 5.74) is 2.66. The lowest BCUT2D eigenvalue weighted by molar-refractivity contribution is 0.0773. The second kappa shape index (κ2) is 8.01. The van der Waals surface area contributed by atoms with Crippen LogP contribution < -0.4 is 5.32 Å². The first kappa shape index (κ1) is 19.2. The van der Waals surface area contributed by atoms with Crippen LogP contribution in [0.4, 0.5) is 15.8 Å². The minimum atomic E-state index is -0.593. The van der Waals surface area contributed by atoms with Crippen molar-refractivity contribution in [2.24, 2.45) is 0 Å². The fourth-order valence-corrected chi connectivity index (χ4v) is 2.98. The van der Waals surface area contributed by atoms with Gasteiger partial charge in [0.1, 0.15) is 11.9 Å². The number of anilines is 2. The molecule has 142 valence electrons. The van der Waals surface area contributed by atoms with Gasteiger partial charge in [-0.1, -0.05) is 0 Å². The molecule has 28 heavy (non-hydrogen) atoms. The maximum atomic E-state index is 13.7. The maximum absolute atomic E-state index is 13.7. The number of benzene rings is 1. The first-order valence-electron chi connectivity index (χ1n) is 9.00. The van der Waals surface area contributed by atoms with Crippen LogP contribution in [0.1, 0.15) is 35.5 Å². The zero-order valence-corrected chi connectivity index (χ0v) is 16.0. The van der Waals surface area contributed by atoms with Crippen molar-refractivity contribution in [1.82, 2.24) is 14.9 Å². The van der Waals surface area contributed by atoms with Gasteiger partial charge in [0.15, 0.2) is 5.65 Å². The Morgan fingerprint density at radius 2 is 2.00 bits per heavy atom. The standard InChI is InChI=1S/C21H20FN5O/c1-4-27(5-2)21(28)17-12-24-20-16(8-6-13(3)25-20)19(17)26-15-7-9-18(22)14(10-15)11-23/h6-10,12H,4-5H2,1-3H3,(H,24,25,26). The summed E-state index contributed by atoms with van der Waals surface area (Å²) < 4.78 is 13.7. The Morgan fingerprint density at radius 1 is 1.25 bits per heavy atom. The molecule has 0 radical (unpaired) electrons. The van der Waals surface area contributed by atoms with Gasteiger partial charge in [0.05, 0.1) is 16.8 Å². The summed E-state index contributed by atoms with van der Waals surface area (Å²) in [6.45, 7) is 6.81. The van der Waals surface area contributed by atoms with Crippen LogP contribution in [0.2, 0.25) is 0 Å². The molecule has 0 aliphatic rings. The number of aryl methyl sites for hydroxylation is 1. The maximum Gasteiger partial charge on any atom is 0.257 e. The number of aromatic nitrogens is 2. The molecule has 0 aliphatic carbocycles.